The first-order chi connectivity index (χ1) is 11.5. The maximum Gasteiger partial charge on any atom is 0.255 e. The molecule has 126 valence electrons. The van der Waals surface area contributed by atoms with Gasteiger partial charge in [0.1, 0.15) is 5.82 Å². The summed E-state index contributed by atoms with van der Waals surface area (Å²) in [7, 11) is 1.80. The minimum absolute atomic E-state index is 0.0164. The SMILES string of the molecule is CCCCN(C)C(=O)c1ccc(Nc2cccc(C(C)=O)c2)nc1. The first-order valence-electron chi connectivity index (χ1n) is 8.10. The van der Waals surface area contributed by atoms with Crippen LogP contribution in [0.25, 0.3) is 0 Å². The molecule has 1 aromatic carbocycles. The van der Waals surface area contributed by atoms with Crippen LogP contribution in [0.15, 0.2) is 42.6 Å². The van der Waals surface area contributed by atoms with Crippen LogP contribution in [0.1, 0.15) is 47.4 Å². The Morgan fingerprint density at radius 3 is 2.58 bits per heavy atom. The molecule has 2 aromatic rings. The molecule has 24 heavy (non-hydrogen) atoms. The fourth-order valence-electron chi connectivity index (χ4n) is 2.28. The molecule has 0 fully saturated rings. The largest absolute Gasteiger partial charge is 0.342 e. The number of hydrogen-bond donors (Lipinski definition) is 1. The second-order valence-electron chi connectivity index (χ2n) is 5.77. The van der Waals surface area contributed by atoms with E-state index in [4.69, 9.17) is 0 Å². The van der Waals surface area contributed by atoms with Crippen LogP contribution in [0.3, 0.4) is 0 Å². The second kappa shape index (κ2) is 8.24. The normalized spacial score (nSPS) is 10.3. The number of nitrogens with zero attached hydrogens (tertiary/aromatic N) is 2. The number of unbranched alkanes of at least 4 members (excludes halogenated alkanes) is 1. The van der Waals surface area contributed by atoms with E-state index in [2.05, 4.69) is 17.2 Å². The molecule has 0 atom stereocenters. The number of Topliss-reactive ketones (excluding diaryl/α,β-unsaturated/α-hetero) is 1. The average molecular weight is 325 g/mol. The highest BCUT2D eigenvalue weighted by molar-refractivity contribution is 5.95. The van der Waals surface area contributed by atoms with Crippen LogP contribution in [0.5, 0.6) is 0 Å². The van der Waals surface area contributed by atoms with Gasteiger partial charge in [-0.25, -0.2) is 4.98 Å². The summed E-state index contributed by atoms with van der Waals surface area (Å²) >= 11 is 0. The Hall–Kier alpha value is -2.69. The lowest BCUT2D eigenvalue weighted by molar-refractivity contribution is 0.0792. The number of ketones is 1. The van der Waals surface area contributed by atoms with Crippen molar-refractivity contribution in [2.24, 2.45) is 0 Å². The summed E-state index contributed by atoms with van der Waals surface area (Å²) in [5, 5.41) is 3.14. The molecule has 0 aliphatic heterocycles. The number of hydrogen-bond acceptors (Lipinski definition) is 4. The van der Waals surface area contributed by atoms with Gasteiger partial charge in [-0.05, 0) is 37.6 Å². The zero-order valence-corrected chi connectivity index (χ0v) is 14.4. The van der Waals surface area contributed by atoms with E-state index in [1.807, 2.05) is 12.1 Å². The number of carbonyl (C=O) groups excluding carboxylic acids is 2. The first kappa shape index (κ1) is 17.7. The standard InChI is InChI=1S/C19H23N3O2/c1-4-5-11-22(3)19(24)16-9-10-18(20-13-16)21-17-8-6-7-15(12-17)14(2)23/h6-10,12-13H,4-5,11H2,1-3H3,(H,20,21). The molecule has 5 heteroatoms. The van der Waals surface area contributed by atoms with E-state index in [0.717, 1.165) is 25.1 Å². The average Bonchev–Trinajstić information content (AvgIpc) is 2.60. The quantitative estimate of drug-likeness (QED) is 0.784. The lowest BCUT2D eigenvalue weighted by Crippen LogP contribution is -2.27. The number of amides is 1. The van der Waals surface area contributed by atoms with Gasteiger partial charge in [-0.1, -0.05) is 25.5 Å². The van der Waals surface area contributed by atoms with Crippen molar-refractivity contribution in [2.75, 3.05) is 18.9 Å². The lowest BCUT2D eigenvalue weighted by Gasteiger charge is -2.16. The van der Waals surface area contributed by atoms with E-state index >= 15 is 0 Å². The number of carbonyl (C=O) groups is 2. The first-order valence-corrected chi connectivity index (χ1v) is 8.10. The summed E-state index contributed by atoms with van der Waals surface area (Å²) in [6, 6.07) is 10.8. The van der Waals surface area contributed by atoms with E-state index < -0.39 is 0 Å². The van der Waals surface area contributed by atoms with Crippen LogP contribution in [-0.4, -0.2) is 35.2 Å². The van der Waals surface area contributed by atoms with Gasteiger partial charge in [0.2, 0.25) is 0 Å². The van der Waals surface area contributed by atoms with Gasteiger partial charge in [-0.3, -0.25) is 9.59 Å². The molecule has 0 aliphatic rings. The van der Waals surface area contributed by atoms with Gasteiger partial charge in [0.25, 0.3) is 5.91 Å². The van der Waals surface area contributed by atoms with E-state index in [-0.39, 0.29) is 11.7 Å². The molecule has 0 spiro atoms. The number of pyridine rings is 1. The van der Waals surface area contributed by atoms with Crippen LogP contribution in [-0.2, 0) is 0 Å². The van der Waals surface area contributed by atoms with E-state index in [0.29, 0.717) is 16.9 Å². The fourth-order valence-corrected chi connectivity index (χ4v) is 2.28. The molecule has 1 heterocycles. The third kappa shape index (κ3) is 4.65. The summed E-state index contributed by atoms with van der Waals surface area (Å²) in [5.74, 6) is 0.618. The highest BCUT2D eigenvalue weighted by Gasteiger charge is 2.11. The van der Waals surface area contributed by atoms with Gasteiger partial charge in [0.05, 0.1) is 5.56 Å². The van der Waals surface area contributed by atoms with Crippen molar-refractivity contribution in [3.63, 3.8) is 0 Å². The smallest absolute Gasteiger partial charge is 0.255 e. The minimum atomic E-state index is -0.0268. The molecule has 1 aromatic heterocycles. The fraction of sp³-hybridized carbons (Fsp3) is 0.316. The van der Waals surface area contributed by atoms with Gasteiger partial charge in [-0.15, -0.1) is 0 Å². The summed E-state index contributed by atoms with van der Waals surface area (Å²) in [6.07, 6.45) is 3.61. The van der Waals surface area contributed by atoms with Gasteiger partial charge >= 0.3 is 0 Å². The topological polar surface area (TPSA) is 62.3 Å². The molecule has 0 aliphatic carbocycles. The zero-order valence-electron chi connectivity index (χ0n) is 14.4. The number of nitrogens with one attached hydrogen (secondary N) is 1. The predicted octanol–water partition coefficient (Wildman–Crippen LogP) is 3.90. The molecule has 0 radical (unpaired) electrons. The number of rotatable bonds is 7. The summed E-state index contributed by atoms with van der Waals surface area (Å²) < 4.78 is 0. The van der Waals surface area contributed by atoms with Crippen molar-refractivity contribution in [3.8, 4) is 0 Å². The van der Waals surface area contributed by atoms with Crippen molar-refractivity contribution < 1.29 is 9.59 Å². The molecule has 5 nitrogen and oxygen atoms in total. The van der Waals surface area contributed by atoms with Crippen molar-refractivity contribution in [3.05, 3.63) is 53.7 Å². The van der Waals surface area contributed by atoms with Gasteiger partial charge in [-0.2, -0.15) is 0 Å². The van der Waals surface area contributed by atoms with Crippen LogP contribution in [0, 0.1) is 0 Å². The molecule has 0 saturated heterocycles. The van der Waals surface area contributed by atoms with Crippen molar-refractivity contribution in [1.82, 2.24) is 9.88 Å². The summed E-state index contributed by atoms with van der Waals surface area (Å²) in [5.41, 5.74) is 2.00. The van der Waals surface area contributed by atoms with E-state index in [1.54, 1.807) is 42.4 Å². The third-order valence-electron chi connectivity index (χ3n) is 3.75. The van der Waals surface area contributed by atoms with Gasteiger partial charge in [0, 0.05) is 31.0 Å². The van der Waals surface area contributed by atoms with Crippen molar-refractivity contribution in [1.29, 1.82) is 0 Å². The van der Waals surface area contributed by atoms with Crippen molar-refractivity contribution >= 4 is 23.2 Å². The highest BCUT2D eigenvalue weighted by Crippen LogP contribution is 2.17. The molecular weight excluding hydrogens is 302 g/mol. The zero-order chi connectivity index (χ0) is 17.5. The monoisotopic (exact) mass is 325 g/mol. The molecule has 0 unspecified atom stereocenters. The molecule has 0 bridgehead atoms. The second-order valence-corrected chi connectivity index (χ2v) is 5.77. The molecule has 2 rings (SSSR count). The molecule has 0 saturated carbocycles. The Morgan fingerprint density at radius 1 is 1.17 bits per heavy atom. The van der Waals surface area contributed by atoms with Gasteiger partial charge in [0.15, 0.2) is 5.78 Å². The Morgan fingerprint density at radius 2 is 1.96 bits per heavy atom. The Labute approximate surface area is 142 Å². The lowest BCUT2D eigenvalue weighted by atomic mass is 10.1. The minimum Gasteiger partial charge on any atom is -0.342 e. The van der Waals surface area contributed by atoms with E-state index in [9.17, 15) is 9.59 Å². The van der Waals surface area contributed by atoms with Gasteiger partial charge < -0.3 is 10.2 Å². The van der Waals surface area contributed by atoms with E-state index in [1.165, 1.54) is 6.92 Å². The Bertz CT molecular complexity index is 711. The molecular formula is C19H23N3O2. The van der Waals surface area contributed by atoms with Crippen LogP contribution in [0.4, 0.5) is 11.5 Å². The maximum atomic E-state index is 12.3. The van der Waals surface area contributed by atoms with Crippen LogP contribution < -0.4 is 5.32 Å². The maximum absolute atomic E-state index is 12.3. The number of aromatic nitrogens is 1. The Balaban J connectivity index is 2.05. The third-order valence-corrected chi connectivity index (χ3v) is 3.75. The number of benzene rings is 1. The summed E-state index contributed by atoms with van der Waals surface area (Å²) in [4.78, 5) is 29.7. The van der Waals surface area contributed by atoms with Crippen LogP contribution >= 0.6 is 0 Å². The molecule has 1 N–H and O–H groups in total. The molecule has 1 amide bonds. The Kier molecular flexibility index (Phi) is 6.07. The number of anilines is 2. The van der Waals surface area contributed by atoms with Crippen molar-refractivity contribution in [2.45, 2.75) is 26.7 Å². The highest BCUT2D eigenvalue weighted by atomic mass is 16.2. The van der Waals surface area contributed by atoms with Crippen LogP contribution in [0.2, 0.25) is 0 Å². The summed E-state index contributed by atoms with van der Waals surface area (Å²) in [6.45, 7) is 4.38. The predicted molar refractivity (Wildman–Crippen MR) is 95.8 cm³/mol.